The van der Waals surface area contributed by atoms with Gasteiger partial charge in [0.15, 0.2) is 11.5 Å². The van der Waals surface area contributed by atoms with E-state index in [2.05, 4.69) is 10.3 Å². The van der Waals surface area contributed by atoms with Crippen molar-refractivity contribution in [1.29, 1.82) is 0 Å². The molecule has 0 unspecified atom stereocenters. The largest absolute Gasteiger partial charge is 0.493 e. The van der Waals surface area contributed by atoms with Gasteiger partial charge in [-0.1, -0.05) is 36.4 Å². The zero-order valence-electron chi connectivity index (χ0n) is 15.6. The van der Waals surface area contributed by atoms with Crippen LogP contribution in [-0.4, -0.2) is 31.7 Å². The fourth-order valence-corrected chi connectivity index (χ4v) is 3.73. The number of carbonyl (C=O) groups excluding carboxylic acids is 1. The number of nitrogens with zero attached hydrogens (tertiary/aromatic N) is 1. The van der Waals surface area contributed by atoms with Gasteiger partial charge in [0.05, 0.1) is 24.1 Å². The number of methoxy groups -OCH3 is 2. The van der Waals surface area contributed by atoms with Gasteiger partial charge in [-0.3, -0.25) is 4.79 Å². The third kappa shape index (κ3) is 4.46. The molecular weight excluding hydrogens is 360 g/mol. The highest BCUT2D eigenvalue weighted by Gasteiger charge is 2.18. The summed E-state index contributed by atoms with van der Waals surface area (Å²) < 4.78 is 10.6. The molecule has 0 saturated heterocycles. The maximum atomic E-state index is 12.7. The van der Waals surface area contributed by atoms with Crippen LogP contribution in [0, 0.1) is 6.92 Å². The molecule has 0 atom stereocenters. The fourth-order valence-electron chi connectivity index (χ4n) is 2.81. The molecule has 1 heterocycles. The molecule has 0 aliphatic rings. The molecule has 5 nitrogen and oxygen atoms in total. The van der Waals surface area contributed by atoms with Crippen LogP contribution in [0.1, 0.15) is 21.1 Å². The summed E-state index contributed by atoms with van der Waals surface area (Å²) in [5.74, 6) is 1.22. The molecular formula is C21H22N2O3S. The van der Waals surface area contributed by atoms with Crippen molar-refractivity contribution in [3.05, 3.63) is 64.8 Å². The lowest BCUT2D eigenvalue weighted by molar-refractivity contribution is 0.0950. The van der Waals surface area contributed by atoms with Gasteiger partial charge in [0.2, 0.25) is 0 Å². The summed E-state index contributed by atoms with van der Waals surface area (Å²) in [4.78, 5) is 18.0. The number of nitrogens with one attached hydrogen (secondary N) is 1. The van der Waals surface area contributed by atoms with Crippen LogP contribution in [0.5, 0.6) is 11.5 Å². The van der Waals surface area contributed by atoms with E-state index in [0.29, 0.717) is 30.2 Å². The first kappa shape index (κ1) is 18.9. The van der Waals surface area contributed by atoms with E-state index in [9.17, 15) is 4.79 Å². The van der Waals surface area contributed by atoms with Crippen LogP contribution < -0.4 is 14.8 Å². The van der Waals surface area contributed by atoms with Crippen molar-refractivity contribution < 1.29 is 14.3 Å². The highest BCUT2D eigenvalue weighted by molar-refractivity contribution is 7.15. The number of thiazole rings is 1. The normalized spacial score (nSPS) is 10.5. The molecule has 3 aromatic rings. The van der Waals surface area contributed by atoms with Crippen LogP contribution in [0.2, 0.25) is 0 Å². The van der Waals surface area contributed by atoms with E-state index in [1.165, 1.54) is 11.3 Å². The molecule has 0 radical (unpaired) electrons. The summed E-state index contributed by atoms with van der Waals surface area (Å²) in [6.45, 7) is 2.43. The van der Waals surface area contributed by atoms with Crippen molar-refractivity contribution in [2.45, 2.75) is 13.3 Å². The van der Waals surface area contributed by atoms with Crippen molar-refractivity contribution in [2.75, 3.05) is 20.8 Å². The summed E-state index contributed by atoms with van der Waals surface area (Å²) >= 11 is 1.53. The molecule has 0 spiro atoms. The minimum Gasteiger partial charge on any atom is -0.493 e. The Hall–Kier alpha value is -2.86. The zero-order valence-corrected chi connectivity index (χ0v) is 16.4. The van der Waals surface area contributed by atoms with E-state index < -0.39 is 0 Å². The summed E-state index contributed by atoms with van der Waals surface area (Å²) in [5.41, 5.74) is 2.55. The first-order valence-corrected chi connectivity index (χ1v) is 9.46. The van der Waals surface area contributed by atoms with Gasteiger partial charge in [0.1, 0.15) is 5.69 Å². The minimum absolute atomic E-state index is 0.154. The number of carbonyl (C=O) groups is 1. The second kappa shape index (κ2) is 8.68. The SMILES string of the molecule is COc1ccc(CCNC(=O)c2nc(C)sc2-c2ccccc2)cc1OC. The lowest BCUT2D eigenvalue weighted by Gasteiger charge is -2.10. The van der Waals surface area contributed by atoms with Gasteiger partial charge in [-0.05, 0) is 36.6 Å². The van der Waals surface area contributed by atoms with Crippen LogP contribution in [0.25, 0.3) is 10.4 Å². The Bertz CT molecular complexity index is 922. The van der Waals surface area contributed by atoms with Gasteiger partial charge in [0, 0.05) is 6.54 Å². The standard InChI is InChI=1S/C21H22N2O3S/c1-14-23-19(20(27-14)16-7-5-4-6-8-16)21(24)22-12-11-15-9-10-17(25-2)18(13-15)26-3/h4-10,13H,11-12H2,1-3H3,(H,22,24). The van der Waals surface area contributed by atoms with Gasteiger partial charge in [-0.2, -0.15) is 0 Å². The molecule has 6 heteroatoms. The Kier molecular flexibility index (Phi) is 6.08. The number of ether oxygens (including phenoxy) is 2. The van der Waals surface area contributed by atoms with Crippen LogP contribution in [0.3, 0.4) is 0 Å². The van der Waals surface area contributed by atoms with E-state index in [0.717, 1.165) is 21.0 Å². The monoisotopic (exact) mass is 382 g/mol. The molecule has 0 saturated carbocycles. The van der Waals surface area contributed by atoms with Crippen molar-refractivity contribution in [3.63, 3.8) is 0 Å². The van der Waals surface area contributed by atoms with E-state index >= 15 is 0 Å². The van der Waals surface area contributed by atoms with Crippen molar-refractivity contribution in [1.82, 2.24) is 10.3 Å². The molecule has 1 amide bonds. The van der Waals surface area contributed by atoms with Gasteiger partial charge in [-0.15, -0.1) is 11.3 Å². The number of aryl methyl sites for hydroxylation is 1. The number of rotatable bonds is 7. The van der Waals surface area contributed by atoms with Crippen LogP contribution >= 0.6 is 11.3 Å². The number of hydrogen-bond acceptors (Lipinski definition) is 5. The molecule has 3 rings (SSSR count). The van der Waals surface area contributed by atoms with E-state index in [-0.39, 0.29) is 5.91 Å². The molecule has 1 aromatic heterocycles. The third-order valence-electron chi connectivity index (χ3n) is 4.13. The minimum atomic E-state index is -0.154. The smallest absolute Gasteiger partial charge is 0.271 e. The van der Waals surface area contributed by atoms with Crippen LogP contribution in [0.4, 0.5) is 0 Å². The maximum absolute atomic E-state index is 12.7. The predicted octanol–water partition coefficient (Wildman–Crippen LogP) is 4.11. The quantitative estimate of drug-likeness (QED) is 0.668. The van der Waals surface area contributed by atoms with Gasteiger partial charge < -0.3 is 14.8 Å². The highest BCUT2D eigenvalue weighted by Crippen LogP contribution is 2.30. The van der Waals surface area contributed by atoms with Crippen molar-refractivity contribution >= 4 is 17.2 Å². The average Bonchev–Trinajstić information content (AvgIpc) is 3.10. The second-order valence-corrected chi connectivity index (χ2v) is 7.18. The Morgan fingerprint density at radius 2 is 1.81 bits per heavy atom. The molecule has 0 fully saturated rings. The maximum Gasteiger partial charge on any atom is 0.271 e. The number of benzene rings is 2. The Labute approximate surface area is 163 Å². The molecule has 2 aromatic carbocycles. The summed E-state index contributed by atoms with van der Waals surface area (Å²) in [6.07, 6.45) is 0.690. The first-order chi connectivity index (χ1) is 13.1. The summed E-state index contributed by atoms with van der Waals surface area (Å²) in [7, 11) is 3.22. The third-order valence-corrected chi connectivity index (χ3v) is 5.15. The van der Waals surface area contributed by atoms with Crippen molar-refractivity contribution in [3.8, 4) is 21.9 Å². The molecule has 27 heavy (non-hydrogen) atoms. The lowest BCUT2D eigenvalue weighted by atomic mass is 10.1. The average molecular weight is 382 g/mol. The first-order valence-electron chi connectivity index (χ1n) is 8.64. The Morgan fingerprint density at radius 1 is 1.07 bits per heavy atom. The topological polar surface area (TPSA) is 60.5 Å². The molecule has 1 N–H and O–H groups in total. The Balaban J connectivity index is 1.67. The predicted molar refractivity (Wildman–Crippen MR) is 108 cm³/mol. The Morgan fingerprint density at radius 3 is 2.52 bits per heavy atom. The van der Waals surface area contributed by atoms with E-state index in [4.69, 9.17) is 9.47 Å². The van der Waals surface area contributed by atoms with E-state index in [1.54, 1.807) is 14.2 Å². The fraction of sp³-hybridized carbons (Fsp3) is 0.238. The molecule has 0 aliphatic heterocycles. The van der Waals surface area contributed by atoms with Gasteiger partial charge in [-0.25, -0.2) is 4.98 Å². The summed E-state index contributed by atoms with van der Waals surface area (Å²) in [5, 5.41) is 3.84. The van der Waals surface area contributed by atoms with Gasteiger partial charge in [0.25, 0.3) is 5.91 Å². The molecule has 0 bridgehead atoms. The van der Waals surface area contributed by atoms with E-state index in [1.807, 2.05) is 55.5 Å². The lowest BCUT2D eigenvalue weighted by Crippen LogP contribution is -2.26. The number of hydrogen-bond donors (Lipinski definition) is 1. The van der Waals surface area contributed by atoms with Gasteiger partial charge >= 0.3 is 0 Å². The zero-order chi connectivity index (χ0) is 19.2. The van der Waals surface area contributed by atoms with Crippen molar-refractivity contribution in [2.24, 2.45) is 0 Å². The second-order valence-electron chi connectivity index (χ2n) is 5.97. The number of amides is 1. The molecule has 0 aliphatic carbocycles. The highest BCUT2D eigenvalue weighted by atomic mass is 32.1. The molecule has 140 valence electrons. The number of aromatic nitrogens is 1. The van der Waals surface area contributed by atoms with Crippen LogP contribution in [-0.2, 0) is 6.42 Å². The summed E-state index contributed by atoms with van der Waals surface area (Å²) in [6, 6.07) is 15.6. The van der Waals surface area contributed by atoms with Crippen LogP contribution in [0.15, 0.2) is 48.5 Å².